The Morgan fingerprint density at radius 3 is 2.27 bits per heavy atom. The van der Waals surface area contributed by atoms with Gasteiger partial charge in [0.05, 0.1) is 18.0 Å². The molecule has 5 heterocycles. The summed E-state index contributed by atoms with van der Waals surface area (Å²) in [5.74, 6) is 1.19. The fourth-order valence-electron chi connectivity index (χ4n) is 4.75. The van der Waals surface area contributed by atoms with Gasteiger partial charge in [-0.15, -0.1) is 0 Å². The van der Waals surface area contributed by atoms with Gasteiger partial charge in [-0.2, -0.15) is 18.3 Å². The van der Waals surface area contributed by atoms with Gasteiger partial charge in [0.1, 0.15) is 23.7 Å². The van der Waals surface area contributed by atoms with E-state index in [1.807, 2.05) is 4.90 Å². The van der Waals surface area contributed by atoms with Crippen LogP contribution in [-0.4, -0.2) is 57.3 Å². The van der Waals surface area contributed by atoms with Gasteiger partial charge in [0.25, 0.3) is 6.43 Å². The molecule has 2 aliphatic rings. The van der Waals surface area contributed by atoms with Gasteiger partial charge in [0.2, 0.25) is 0 Å². The van der Waals surface area contributed by atoms with Crippen LogP contribution in [0.3, 0.4) is 0 Å². The molecule has 0 radical (unpaired) electrons. The second-order valence-corrected chi connectivity index (χ2v) is 8.72. The molecule has 2 saturated heterocycles. The third-order valence-electron chi connectivity index (χ3n) is 6.63. The average molecular weight is 467 g/mol. The van der Waals surface area contributed by atoms with Crippen LogP contribution in [0, 0.1) is 5.41 Å². The lowest BCUT2D eigenvalue weighted by Crippen LogP contribution is -2.42. The Labute approximate surface area is 186 Å². The molecule has 0 atom stereocenters. The van der Waals surface area contributed by atoms with Crippen molar-refractivity contribution < 1.29 is 22.0 Å². The normalized spacial score (nSPS) is 18.7. The summed E-state index contributed by atoms with van der Waals surface area (Å²) in [5.41, 5.74) is 0.143. The number of anilines is 2. The molecule has 0 bridgehead atoms. The van der Waals surface area contributed by atoms with Crippen molar-refractivity contribution in [2.75, 3.05) is 36.0 Å². The van der Waals surface area contributed by atoms with Crippen LogP contribution in [0.15, 0.2) is 30.7 Å². The average Bonchev–Trinajstić information content (AvgIpc) is 3.38. The molecular weight excluding hydrogens is 445 g/mol. The van der Waals surface area contributed by atoms with Crippen LogP contribution in [0.1, 0.15) is 24.8 Å². The summed E-state index contributed by atoms with van der Waals surface area (Å²) in [5, 5.41) is 3.96. The molecule has 12 heteroatoms. The quantitative estimate of drug-likeness (QED) is 0.541. The largest absolute Gasteiger partial charge is 0.417 e. The topological polar surface area (TPSA) is 63.0 Å². The maximum absolute atomic E-state index is 12.8. The number of piperidine rings is 1. The number of nitrogens with zero attached hydrogens (tertiary/aromatic N) is 7. The Bertz CT molecular complexity index is 1120. The van der Waals surface area contributed by atoms with Crippen LogP contribution in [0.2, 0.25) is 0 Å². The fraction of sp³-hybridized carbons (Fsp3) is 0.524. The Kier molecular flexibility index (Phi) is 5.32. The van der Waals surface area contributed by atoms with Gasteiger partial charge in [-0.1, -0.05) is 0 Å². The summed E-state index contributed by atoms with van der Waals surface area (Å²) in [7, 11) is 0. The van der Waals surface area contributed by atoms with Gasteiger partial charge in [0, 0.05) is 32.4 Å². The van der Waals surface area contributed by atoms with Crippen molar-refractivity contribution in [1.29, 1.82) is 0 Å². The lowest BCUT2D eigenvalue weighted by Gasteiger charge is -2.39. The van der Waals surface area contributed by atoms with Gasteiger partial charge < -0.3 is 9.80 Å². The van der Waals surface area contributed by atoms with Crippen LogP contribution in [0.25, 0.3) is 11.2 Å². The van der Waals surface area contributed by atoms with E-state index >= 15 is 0 Å². The molecule has 5 rings (SSSR count). The molecular formula is C21H22F5N7. The maximum Gasteiger partial charge on any atom is 0.417 e. The van der Waals surface area contributed by atoms with Gasteiger partial charge in [-0.3, -0.25) is 0 Å². The van der Waals surface area contributed by atoms with Crippen molar-refractivity contribution in [3.8, 4) is 0 Å². The lowest BCUT2D eigenvalue weighted by molar-refractivity contribution is -0.137. The summed E-state index contributed by atoms with van der Waals surface area (Å²) < 4.78 is 65.1. The van der Waals surface area contributed by atoms with Gasteiger partial charge in [-0.05, 0) is 36.8 Å². The number of aromatic nitrogens is 5. The molecule has 2 fully saturated rings. The summed E-state index contributed by atoms with van der Waals surface area (Å²) in [6.07, 6.45) is -0.244. The number of hydrogen-bond acceptors (Lipinski definition) is 6. The third-order valence-corrected chi connectivity index (χ3v) is 6.63. The smallest absolute Gasteiger partial charge is 0.357 e. The Morgan fingerprint density at radius 2 is 1.64 bits per heavy atom. The van der Waals surface area contributed by atoms with E-state index in [1.165, 1.54) is 16.9 Å². The molecule has 1 spiro atoms. The zero-order valence-electron chi connectivity index (χ0n) is 17.6. The van der Waals surface area contributed by atoms with E-state index in [9.17, 15) is 22.0 Å². The number of alkyl halides is 5. The predicted molar refractivity (Wildman–Crippen MR) is 111 cm³/mol. The molecule has 33 heavy (non-hydrogen) atoms. The molecule has 0 N–H and O–H groups in total. The van der Waals surface area contributed by atoms with Crippen molar-refractivity contribution in [2.24, 2.45) is 5.41 Å². The third kappa shape index (κ3) is 4.30. The fourth-order valence-corrected chi connectivity index (χ4v) is 4.75. The van der Waals surface area contributed by atoms with Crippen molar-refractivity contribution in [1.82, 2.24) is 24.7 Å². The highest BCUT2D eigenvalue weighted by Gasteiger charge is 2.41. The van der Waals surface area contributed by atoms with Crippen LogP contribution < -0.4 is 9.80 Å². The molecule has 0 aromatic carbocycles. The van der Waals surface area contributed by atoms with Crippen molar-refractivity contribution in [3.63, 3.8) is 0 Å². The predicted octanol–water partition coefficient (Wildman–Crippen LogP) is 4.00. The van der Waals surface area contributed by atoms with E-state index in [2.05, 4.69) is 25.0 Å². The lowest BCUT2D eigenvalue weighted by atomic mass is 9.78. The molecule has 3 aromatic rings. The summed E-state index contributed by atoms with van der Waals surface area (Å²) in [6.45, 7) is 2.43. The first kappa shape index (κ1) is 21.8. The monoisotopic (exact) mass is 467 g/mol. The second kappa shape index (κ2) is 8.07. The van der Waals surface area contributed by atoms with Crippen LogP contribution in [0.4, 0.5) is 33.6 Å². The Balaban J connectivity index is 1.25. The van der Waals surface area contributed by atoms with Crippen molar-refractivity contribution in [3.05, 3.63) is 36.3 Å². The highest BCUT2D eigenvalue weighted by atomic mass is 19.4. The highest BCUT2D eigenvalue weighted by molar-refractivity contribution is 5.71. The number of hydrogen-bond donors (Lipinski definition) is 0. The van der Waals surface area contributed by atoms with Crippen molar-refractivity contribution >= 4 is 22.8 Å². The SMILES string of the molecule is FC(F)Cn1ncc2ncc(N3CCC4(CCN(c5ccc(C(F)(F)F)cn5)CC4)C3)nc21. The minimum atomic E-state index is -4.39. The molecule has 176 valence electrons. The molecule has 3 aromatic heterocycles. The minimum absolute atomic E-state index is 0.0717. The number of fused-ring (bicyclic) bond motifs is 1. The van der Waals surface area contributed by atoms with E-state index in [-0.39, 0.29) is 5.41 Å². The van der Waals surface area contributed by atoms with E-state index in [0.717, 1.165) is 44.6 Å². The van der Waals surface area contributed by atoms with Crippen molar-refractivity contribution in [2.45, 2.75) is 38.4 Å². The highest BCUT2D eigenvalue weighted by Crippen LogP contribution is 2.42. The van der Waals surface area contributed by atoms with Gasteiger partial charge in [-0.25, -0.2) is 28.4 Å². The number of halogens is 5. The zero-order chi connectivity index (χ0) is 23.2. The summed E-state index contributed by atoms with van der Waals surface area (Å²) in [6, 6.07) is 2.49. The molecule has 0 aliphatic carbocycles. The Morgan fingerprint density at radius 1 is 0.909 bits per heavy atom. The van der Waals surface area contributed by atoms with Gasteiger partial charge in [0.15, 0.2) is 5.65 Å². The first-order chi connectivity index (χ1) is 15.7. The molecule has 0 amide bonds. The molecule has 0 unspecified atom stereocenters. The standard InChI is InChI=1S/C21H22F5N7/c22-16(23)12-33-19-15(10-29-33)27-11-18(30-19)32-8-5-20(13-32)3-6-31(7-4-20)17-2-1-14(9-28-17)21(24,25)26/h1-2,9-11,16H,3-8,12-13H2. The minimum Gasteiger partial charge on any atom is -0.357 e. The van der Waals surface area contributed by atoms with Crippen LogP contribution in [0.5, 0.6) is 0 Å². The van der Waals surface area contributed by atoms with E-state index < -0.39 is 24.7 Å². The maximum atomic E-state index is 12.8. The van der Waals surface area contributed by atoms with Crippen LogP contribution in [-0.2, 0) is 12.7 Å². The first-order valence-corrected chi connectivity index (χ1v) is 10.7. The van der Waals surface area contributed by atoms with E-state index in [4.69, 9.17) is 0 Å². The summed E-state index contributed by atoms with van der Waals surface area (Å²) in [4.78, 5) is 17.0. The summed E-state index contributed by atoms with van der Waals surface area (Å²) >= 11 is 0. The van der Waals surface area contributed by atoms with Crippen LogP contribution >= 0.6 is 0 Å². The molecule has 7 nitrogen and oxygen atoms in total. The zero-order valence-corrected chi connectivity index (χ0v) is 17.6. The Hall–Kier alpha value is -3.05. The van der Waals surface area contributed by atoms with E-state index in [1.54, 1.807) is 6.20 Å². The molecule has 0 saturated carbocycles. The second-order valence-electron chi connectivity index (χ2n) is 8.72. The van der Waals surface area contributed by atoms with Gasteiger partial charge >= 0.3 is 6.18 Å². The number of rotatable bonds is 4. The first-order valence-electron chi connectivity index (χ1n) is 10.7. The number of pyridine rings is 1. The van der Waals surface area contributed by atoms with E-state index in [0.29, 0.717) is 35.9 Å². The molecule has 2 aliphatic heterocycles.